The maximum absolute atomic E-state index is 13.1. The minimum Gasteiger partial charge on any atom is -0.428 e. The fraction of sp³-hybridized carbons (Fsp3) is 0.650. The summed E-state index contributed by atoms with van der Waals surface area (Å²) in [4.78, 5) is 45.2. The molecule has 0 spiro atoms. The highest BCUT2D eigenvalue weighted by atomic mass is 32.2. The molecule has 2 saturated heterocycles. The average Bonchev–Trinajstić information content (AvgIpc) is 3.18. The van der Waals surface area contributed by atoms with Crippen LogP contribution in [0.5, 0.6) is 0 Å². The molecule has 2 N–H and O–H groups in total. The molecule has 3 aliphatic rings. The molecule has 3 atom stereocenters. The number of nitrogen functional groups attached to an aromatic ring is 1. The fourth-order valence-electron chi connectivity index (χ4n) is 3.95. The zero-order chi connectivity index (χ0) is 25.0. The van der Waals surface area contributed by atoms with Crippen LogP contribution >= 0.6 is 23.1 Å². The molecule has 0 aromatic carbocycles. The lowest BCUT2D eigenvalue weighted by molar-refractivity contribution is -0.223. The van der Waals surface area contributed by atoms with Crippen molar-refractivity contribution in [2.75, 3.05) is 12.3 Å². The van der Waals surface area contributed by atoms with Gasteiger partial charge in [0.1, 0.15) is 17.2 Å². The molecular weight excluding hydrogens is 486 g/mol. The third-order valence-electron chi connectivity index (χ3n) is 5.03. The van der Waals surface area contributed by atoms with Gasteiger partial charge in [-0.05, 0) is 48.0 Å². The lowest BCUT2D eigenvalue weighted by Crippen LogP contribution is -2.72. The van der Waals surface area contributed by atoms with Gasteiger partial charge in [-0.15, -0.1) is 15.3 Å². The van der Waals surface area contributed by atoms with Crippen molar-refractivity contribution in [2.24, 2.45) is 5.92 Å². The van der Waals surface area contributed by atoms with Crippen molar-refractivity contribution in [2.45, 2.75) is 75.6 Å². The molecule has 0 bridgehead atoms. The highest BCUT2D eigenvalue weighted by Crippen LogP contribution is 2.54. The van der Waals surface area contributed by atoms with Crippen LogP contribution in [0.1, 0.15) is 48.0 Å². The second-order valence-electron chi connectivity index (χ2n) is 9.98. The highest BCUT2D eigenvalue weighted by molar-refractivity contribution is 8.04. The van der Waals surface area contributed by atoms with E-state index in [9.17, 15) is 14.4 Å². The molecule has 34 heavy (non-hydrogen) atoms. The number of amides is 1. The van der Waals surface area contributed by atoms with Crippen LogP contribution in [0.3, 0.4) is 0 Å². The number of nitrogens with two attached hydrogens (primary N) is 1. The van der Waals surface area contributed by atoms with Crippen molar-refractivity contribution in [1.82, 2.24) is 20.2 Å². The van der Waals surface area contributed by atoms with Crippen LogP contribution in [0.2, 0.25) is 0 Å². The summed E-state index contributed by atoms with van der Waals surface area (Å²) in [7, 11) is 0. The molecule has 1 unspecified atom stereocenters. The number of carbonyl (C=O) groups is 3. The molecule has 0 saturated carbocycles. The Kier molecular flexibility index (Phi) is 6.19. The number of hydrogen-bond donors (Lipinski definition) is 1. The van der Waals surface area contributed by atoms with Crippen LogP contribution in [0.4, 0.5) is 14.7 Å². The van der Waals surface area contributed by atoms with E-state index in [0.717, 1.165) is 0 Å². The molecule has 186 valence electrons. The van der Waals surface area contributed by atoms with Gasteiger partial charge in [-0.25, -0.2) is 9.59 Å². The zero-order valence-electron chi connectivity index (χ0n) is 19.7. The molecule has 0 radical (unpaired) electrons. The van der Waals surface area contributed by atoms with Gasteiger partial charge >= 0.3 is 12.3 Å². The topological polar surface area (TPSA) is 146 Å². The number of rotatable bonds is 4. The van der Waals surface area contributed by atoms with Gasteiger partial charge in [0.2, 0.25) is 11.0 Å². The van der Waals surface area contributed by atoms with Gasteiger partial charge in [0.15, 0.2) is 4.34 Å². The molecule has 1 amide bonds. The summed E-state index contributed by atoms with van der Waals surface area (Å²) in [6, 6.07) is -1.10. The second-order valence-corrected chi connectivity index (χ2v) is 12.3. The van der Waals surface area contributed by atoms with Gasteiger partial charge < -0.3 is 24.8 Å². The first-order valence-corrected chi connectivity index (χ1v) is 12.3. The largest absolute Gasteiger partial charge is 0.528 e. The lowest BCUT2D eigenvalue weighted by Gasteiger charge is -2.51. The predicted octanol–water partition coefficient (Wildman–Crippen LogP) is 3.11. The van der Waals surface area contributed by atoms with Crippen molar-refractivity contribution in [3.05, 3.63) is 10.8 Å². The second kappa shape index (κ2) is 8.57. The van der Waals surface area contributed by atoms with Crippen molar-refractivity contribution in [3.63, 3.8) is 0 Å². The number of nitrogens with zero attached hydrogens (tertiary/aromatic N) is 4. The van der Waals surface area contributed by atoms with Crippen molar-refractivity contribution >= 4 is 46.4 Å². The van der Waals surface area contributed by atoms with Gasteiger partial charge in [-0.1, -0.05) is 23.1 Å². The monoisotopic (exact) mass is 513 g/mol. The zero-order valence-corrected chi connectivity index (χ0v) is 21.3. The molecule has 4 heterocycles. The van der Waals surface area contributed by atoms with E-state index in [4.69, 9.17) is 24.8 Å². The van der Waals surface area contributed by atoms with E-state index < -0.39 is 29.6 Å². The first kappa shape index (κ1) is 24.5. The number of piperidine rings is 1. The SMILES string of the molecule is CC(C)(C)OC(=O)OC1=C(Sc2nnc(N)s2)C2CCN(OC(=O)OC(C)(C)C)[C@@H]3C(=O)N1[C@H]23. The first-order chi connectivity index (χ1) is 15.7. The minimum absolute atomic E-state index is 0.100. The van der Waals surface area contributed by atoms with E-state index >= 15 is 0 Å². The Bertz CT molecular complexity index is 1040. The maximum atomic E-state index is 13.1. The summed E-state index contributed by atoms with van der Waals surface area (Å²) in [6.45, 7) is 10.6. The summed E-state index contributed by atoms with van der Waals surface area (Å²) in [5.41, 5.74) is 4.21. The molecular formula is C20H27N5O7S2. The van der Waals surface area contributed by atoms with Crippen molar-refractivity contribution in [3.8, 4) is 0 Å². The number of hydroxylamine groups is 2. The van der Waals surface area contributed by atoms with Gasteiger partial charge in [-0.2, -0.15) is 0 Å². The Hall–Kier alpha value is -2.58. The van der Waals surface area contributed by atoms with Gasteiger partial charge in [-0.3, -0.25) is 9.69 Å². The summed E-state index contributed by atoms with van der Waals surface area (Å²) >= 11 is 2.44. The van der Waals surface area contributed by atoms with E-state index in [1.165, 1.54) is 33.1 Å². The number of thioether (sulfide) groups is 1. The van der Waals surface area contributed by atoms with Crippen molar-refractivity contribution in [1.29, 1.82) is 0 Å². The third-order valence-corrected chi connectivity index (χ3v) is 7.03. The third kappa shape index (κ3) is 4.93. The van der Waals surface area contributed by atoms with Crippen molar-refractivity contribution < 1.29 is 33.4 Å². The van der Waals surface area contributed by atoms with Crippen LogP contribution in [0.15, 0.2) is 15.1 Å². The Morgan fingerprint density at radius 3 is 2.32 bits per heavy atom. The number of anilines is 1. The van der Waals surface area contributed by atoms with Crippen LogP contribution in [0, 0.1) is 5.92 Å². The normalized spacial score (nSPS) is 24.5. The summed E-state index contributed by atoms with van der Waals surface area (Å²) in [6.07, 6.45) is -1.27. The summed E-state index contributed by atoms with van der Waals surface area (Å²) in [5.74, 6) is -0.415. The smallest absolute Gasteiger partial charge is 0.428 e. The standard InChI is InChI=1S/C20H27N5O7S2/c1-19(2,3)30-17(27)29-14-12(33-16-23-22-15(21)34-16)9-7-8-24(11-10(9)25(14)13(11)26)32-18(28)31-20(4,5)6/h9-11H,7-8H2,1-6H3,(H2,21,22)/t9?,10-,11+/m1/s1. The van der Waals surface area contributed by atoms with E-state index in [2.05, 4.69) is 10.2 Å². The number of hydrogen-bond acceptors (Lipinski definition) is 13. The van der Waals surface area contributed by atoms with Gasteiger partial charge in [0, 0.05) is 12.5 Å². The molecule has 1 aromatic heterocycles. The Labute approximate surface area is 204 Å². The van der Waals surface area contributed by atoms with Crippen LogP contribution in [0.25, 0.3) is 0 Å². The quantitative estimate of drug-likeness (QED) is 0.466. The molecule has 3 aliphatic heterocycles. The minimum atomic E-state index is -0.922. The molecule has 12 nitrogen and oxygen atoms in total. The molecule has 14 heteroatoms. The number of ether oxygens (including phenoxy) is 3. The highest BCUT2D eigenvalue weighted by Gasteiger charge is 2.65. The Balaban J connectivity index is 1.57. The van der Waals surface area contributed by atoms with E-state index in [-0.39, 0.29) is 23.8 Å². The summed E-state index contributed by atoms with van der Waals surface area (Å²) < 4.78 is 16.6. The molecule has 0 aliphatic carbocycles. The van der Waals surface area contributed by atoms with Gasteiger partial charge in [0.25, 0.3) is 5.91 Å². The fourth-order valence-corrected chi connectivity index (χ4v) is 5.89. The lowest BCUT2D eigenvalue weighted by atomic mass is 9.82. The molecule has 2 fully saturated rings. The van der Waals surface area contributed by atoms with E-state index in [1.807, 2.05) is 0 Å². The number of carbonyl (C=O) groups excluding carboxylic acids is 3. The predicted molar refractivity (Wildman–Crippen MR) is 121 cm³/mol. The van der Waals surface area contributed by atoms with E-state index in [1.54, 1.807) is 41.5 Å². The van der Waals surface area contributed by atoms with E-state index in [0.29, 0.717) is 27.3 Å². The Morgan fingerprint density at radius 1 is 1.09 bits per heavy atom. The summed E-state index contributed by atoms with van der Waals surface area (Å²) in [5, 5.41) is 9.50. The van der Waals surface area contributed by atoms with Crippen LogP contribution < -0.4 is 5.73 Å². The number of β-lactam (4-membered cyclic amide) rings is 1. The van der Waals surface area contributed by atoms with Crippen LogP contribution in [-0.4, -0.2) is 68.2 Å². The van der Waals surface area contributed by atoms with Crippen LogP contribution in [-0.2, 0) is 23.8 Å². The average molecular weight is 514 g/mol. The maximum Gasteiger partial charge on any atom is 0.528 e. The Morgan fingerprint density at radius 2 is 1.74 bits per heavy atom. The van der Waals surface area contributed by atoms with Gasteiger partial charge in [0.05, 0.1) is 10.9 Å². The molecule has 4 rings (SSSR count). The number of aromatic nitrogens is 2. The first-order valence-electron chi connectivity index (χ1n) is 10.7. The molecule has 1 aromatic rings.